The number of anilines is 2. The van der Waals surface area contributed by atoms with Crippen LogP contribution in [0.1, 0.15) is 21.5 Å². The van der Waals surface area contributed by atoms with Crippen LogP contribution >= 0.6 is 0 Å². The summed E-state index contributed by atoms with van der Waals surface area (Å²) in [6, 6.07) is -0.00345. The van der Waals surface area contributed by atoms with E-state index in [0.29, 0.717) is 12.1 Å². The number of imide groups is 1. The van der Waals surface area contributed by atoms with Gasteiger partial charge in [0.25, 0.3) is 5.91 Å². The number of halogens is 8. The lowest BCUT2D eigenvalue weighted by molar-refractivity contribution is -0.143. The number of benzene rings is 2. The summed E-state index contributed by atoms with van der Waals surface area (Å²) >= 11 is 0. The molecule has 2 N–H and O–H groups in total. The Hall–Kier alpha value is -3.38. The number of hydrogen-bond acceptors (Lipinski definition) is 3. The molecule has 2 rings (SSSR count). The van der Waals surface area contributed by atoms with Crippen molar-refractivity contribution in [3.8, 4) is 0 Å². The SMILES string of the molecule is CN(C)c1c(F)cc(C(=O)NC(=O)Nc2cc(C(F)(F)F)cc(C(F)(F)F)c2)cc1F. The van der Waals surface area contributed by atoms with E-state index >= 15 is 0 Å². The van der Waals surface area contributed by atoms with Gasteiger partial charge in [0.05, 0.1) is 11.1 Å². The number of amides is 3. The van der Waals surface area contributed by atoms with Crippen LogP contribution < -0.4 is 15.5 Å². The summed E-state index contributed by atoms with van der Waals surface area (Å²) in [5, 5.41) is 3.23. The number of carbonyl (C=O) groups excluding carboxylic acids is 2. The van der Waals surface area contributed by atoms with Gasteiger partial charge in [-0.2, -0.15) is 26.3 Å². The van der Waals surface area contributed by atoms with E-state index in [-0.39, 0.29) is 18.2 Å². The van der Waals surface area contributed by atoms with Gasteiger partial charge in [0.1, 0.15) is 17.3 Å². The summed E-state index contributed by atoms with van der Waals surface area (Å²) < 4.78 is 105. The topological polar surface area (TPSA) is 61.4 Å². The highest BCUT2D eigenvalue weighted by Gasteiger charge is 2.37. The van der Waals surface area contributed by atoms with Gasteiger partial charge < -0.3 is 10.2 Å². The zero-order valence-electron chi connectivity index (χ0n) is 15.7. The van der Waals surface area contributed by atoms with Gasteiger partial charge >= 0.3 is 18.4 Å². The summed E-state index contributed by atoms with van der Waals surface area (Å²) in [5.74, 6) is -3.62. The van der Waals surface area contributed by atoms with Crippen LogP contribution in [0.15, 0.2) is 30.3 Å². The van der Waals surface area contributed by atoms with Gasteiger partial charge in [-0.15, -0.1) is 0 Å². The highest BCUT2D eigenvalue weighted by Crippen LogP contribution is 2.37. The Labute approximate surface area is 169 Å². The lowest BCUT2D eigenvalue weighted by Crippen LogP contribution is -2.34. The van der Waals surface area contributed by atoms with Crippen LogP contribution in [0.5, 0.6) is 0 Å². The minimum atomic E-state index is -5.15. The molecule has 0 radical (unpaired) electrons. The lowest BCUT2D eigenvalue weighted by Gasteiger charge is -2.16. The zero-order chi connectivity index (χ0) is 23.7. The Balaban J connectivity index is 2.25. The summed E-state index contributed by atoms with van der Waals surface area (Å²) in [6.07, 6.45) is -10.3. The van der Waals surface area contributed by atoms with Crippen molar-refractivity contribution >= 4 is 23.3 Å². The van der Waals surface area contributed by atoms with E-state index < -0.39 is 64.0 Å². The van der Waals surface area contributed by atoms with Crippen molar-refractivity contribution in [2.75, 3.05) is 24.3 Å². The van der Waals surface area contributed by atoms with Crippen molar-refractivity contribution in [3.63, 3.8) is 0 Å². The van der Waals surface area contributed by atoms with E-state index in [2.05, 4.69) is 0 Å². The highest BCUT2D eigenvalue weighted by molar-refractivity contribution is 6.08. The monoisotopic (exact) mass is 455 g/mol. The minimum absolute atomic E-state index is 0.147. The van der Waals surface area contributed by atoms with Gasteiger partial charge in [-0.05, 0) is 30.3 Å². The maximum absolute atomic E-state index is 13.9. The van der Waals surface area contributed by atoms with Gasteiger partial charge in [-0.3, -0.25) is 10.1 Å². The Kier molecular flexibility index (Phi) is 6.47. The number of nitrogens with zero attached hydrogens (tertiary/aromatic N) is 1. The van der Waals surface area contributed by atoms with E-state index in [4.69, 9.17) is 0 Å². The molecule has 0 fully saturated rings. The molecular formula is C18H13F8N3O2. The van der Waals surface area contributed by atoms with E-state index in [1.165, 1.54) is 14.1 Å². The Bertz CT molecular complexity index is 961. The average Bonchev–Trinajstić information content (AvgIpc) is 2.58. The molecule has 168 valence electrons. The fourth-order valence-corrected chi connectivity index (χ4v) is 2.49. The van der Waals surface area contributed by atoms with Crippen LogP contribution in [0.4, 0.5) is 51.3 Å². The molecule has 3 amide bonds. The number of hydrogen-bond donors (Lipinski definition) is 2. The van der Waals surface area contributed by atoms with E-state index in [0.717, 1.165) is 4.90 Å². The van der Waals surface area contributed by atoms with Gasteiger partial charge in [-0.1, -0.05) is 0 Å². The van der Waals surface area contributed by atoms with Crippen molar-refractivity contribution in [2.24, 2.45) is 0 Å². The molecular weight excluding hydrogens is 442 g/mol. The van der Waals surface area contributed by atoms with Crippen LogP contribution in [0.2, 0.25) is 0 Å². The van der Waals surface area contributed by atoms with Gasteiger partial charge in [0.2, 0.25) is 0 Å². The van der Waals surface area contributed by atoms with Crippen molar-refractivity contribution in [1.29, 1.82) is 0 Å². The Morgan fingerprint density at radius 1 is 0.806 bits per heavy atom. The lowest BCUT2D eigenvalue weighted by atomic mass is 10.1. The molecule has 0 saturated carbocycles. The van der Waals surface area contributed by atoms with Gasteiger partial charge in [0, 0.05) is 25.3 Å². The third-order valence-corrected chi connectivity index (χ3v) is 3.80. The van der Waals surface area contributed by atoms with Gasteiger partial charge in [0.15, 0.2) is 0 Å². The Morgan fingerprint density at radius 2 is 1.26 bits per heavy atom. The molecule has 0 aliphatic carbocycles. The third kappa shape index (κ3) is 5.83. The predicted molar refractivity (Wildman–Crippen MR) is 93.6 cm³/mol. The van der Waals surface area contributed by atoms with Crippen LogP contribution in [-0.2, 0) is 12.4 Å². The minimum Gasteiger partial charge on any atom is -0.373 e. The first kappa shape index (κ1) is 23.9. The molecule has 0 aliphatic rings. The first-order valence-corrected chi connectivity index (χ1v) is 8.17. The van der Waals surface area contributed by atoms with Crippen LogP contribution in [-0.4, -0.2) is 26.0 Å². The standard InChI is InChI=1S/C18H13F8N3O2/c1-29(2)14-12(19)3-8(4-13(14)20)15(30)28-16(31)27-11-6-9(17(21,22)23)5-10(7-11)18(24,25)26/h3-7H,1-2H3,(H2,27,28,30,31). The second-order valence-corrected chi connectivity index (χ2v) is 6.39. The van der Waals surface area contributed by atoms with Crippen molar-refractivity contribution in [1.82, 2.24) is 5.32 Å². The Morgan fingerprint density at radius 3 is 1.65 bits per heavy atom. The zero-order valence-corrected chi connectivity index (χ0v) is 15.7. The first-order chi connectivity index (χ1) is 14.1. The fraction of sp³-hybridized carbons (Fsp3) is 0.222. The molecule has 0 bridgehead atoms. The average molecular weight is 455 g/mol. The molecule has 2 aromatic carbocycles. The molecule has 0 spiro atoms. The smallest absolute Gasteiger partial charge is 0.373 e. The molecule has 0 saturated heterocycles. The van der Waals surface area contributed by atoms with Crippen molar-refractivity contribution in [3.05, 3.63) is 58.7 Å². The molecule has 31 heavy (non-hydrogen) atoms. The number of alkyl halides is 6. The van der Waals surface area contributed by atoms with Crippen LogP contribution in [0.25, 0.3) is 0 Å². The van der Waals surface area contributed by atoms with Gasteiger partial charge in [-0.25, -0.2) is 13.6 Å². The van der Waals surface area contributed by atoms with Crippen molar-refractivity contribution in [2.45, 2.75) is 12.4 Å². The molecule has 0 atom stereocenters. The number of rotatable bonds is 3. The molecule has 0 aliphatic heterocycles. The molecule has 0 heterocycles. The summed E-state index contributed by atoms with van der Waals surface area (Å²) in [5.41, 5.74) is -5.40. The third-order valence-electron chi connectivity index (χ3n) is 3.80. The predicted octanol–water partition coefficient (Wildman–Crippen LogP) is 5.03. The van der Waals surface area contributed by atoms with Crippen LogP contribution in [0.3, 0.4) is 0 Å². The summed E-state index contributed by atoms with van der Waals surface area (Å²) in [7, 11) is 2.66. The number of nitrogens with one attached hydrogen (secondary N) is 2. The number of carbonyl (C=O) groups is 2. The quantitative estimate of drug-likeness (QED) is 0.639. The number of urea groups is 1. The fourth-order valence-electron chi connectivity index (χ4n) is 2.49. The molecule has 0 aromatic heterocycles. The second-order valence-electron chi connectivity index (χ2n) is 6.39. The molecule has 5 nitrogen and oxygen atoms in total. The summed E-state index contributed by atoms with van der Waals surface area (Å²) in [4.78, 5) is 25.0. The molecule has 0 unspecified atom stereocenters. The maximum atomic E-state index is 13.9. The molecule has 13 heteroatoms. The van der Waals surface area contributed by atoms with E-state index in [1.54, 1.807) is 10.6 Å². The largest absolute Gasteiger partial charge is 0.416 e. The molecule has 2 aromatic rings. The maximum Gasteiger partial charge on any atom is 0.416 e. The second kappa shape index (κ2) is 8.40. The highest BCUT2D eigenvalue weighted by atomic mass is 19.4. The summed E-state index contributed by atoms with van der Waals surface area (Å²) in [6.45, 7) is 0. The van der Waals surface area contributed by atoms with E-state index in [9.17, 15) is 44.7 Å². The van der Waals surface area contributed by atoms with E-state index in [1.807, 2.05) is 0 Å². The normalized spacial score (nSPS) is 11.8. The van der Waals surface area contributed by atoms with Crippen LogP contribution in [0, 0.1) is 11.6 Å². The first-order valence-electron chi connectivity index (χ1n) is 8.17. The van der Waals surface area contributed by atoms with Crippen molar-refractivity contribution < 1.29 is 44.7 Å².